The molecule has 0 heterocycles. The van der Waals surface area contributed by atoms with Crippen molar-refractivity contribution >= 4 is 18.4 Å². The minimum Gasteiger partial charge on any atom is -0.496 e. The Morgan fingerprint density at radius 3 is 2.65 bits per heavy atom. The molecule has 0 fully saturated rings. The topological polar surface area (TPSA) is 51.1 Å². The Morgan fingerprint density at radius 1 is 1.47 bits per heavy atom. The molecule has 0 saturated carbocycles. The Bertz CT molecular complexity index is 435. The molecule has 5 nitrogen and oxygen atoms in total. The highest BCUT2D eigenvalue weighted by atomic mass is 16.5. The second-order valence-corrected chi connectivity index (χ2v) is 3.04. The summed E-state index contributed by atoms with van der Waals surface area (Å²) >= 11 is 0. The summed E-state index contributed by atoms with van der Waals surface area (Å²) in [6, 6.07) is 4.95. The minimum atomic E-state index is -0.454. The van der Waals surface area contributed by atoms with Gasteiger partial charge in [-0.15, -0.1) is 0 Å². The number of carbonyl (C=O) groups is 1. The van der Waals surface area contributed by atoms with E-state index in [9.17, 15) is 4.79 Å². The van der Waals surface area contributed by atoms with Crippen molar-refractivity contribution < 1.29 is 14.3 Å². The highest BCUT2D eigenvalue weighted by Gasteiger charge is 2.14. The number of methoxy groups -OCH3 is 2. The van der Waals surface area contributed by atoms with Gasteiger partial charge >= 0.3 is 5.97 Å². The summed E-state index contributed by atoms with van der Waals surface area (Å²) in [5.41, 5.74) is 1.05. The third-order valence-electron chi connectivity index (χ3n) is 2.18. The number of hydrogen-bond donors (Lipinski definition) is 0. The van der Waals surface area contributed by atoms with Gasteiger partial charge in [0, 0.05) is 19.0 Å². The van der Waals surface area contributed by atoms with Crippen LogP contribution in [0.5, 0.6) is 5.75 Å². The van der Waals surface area contributed by atoms with E-state index >= 15 is 0 Å². The smallest absolute Gasteiger partial charge is 0.341 e. The zero-order chi connectivity index (χ0) is 12.8. The lowest BCUT2D eigenvalue weighted by molar-refractivity contribution is 0.0597. The second-order valence-electron chi connectivity index (χ2n) is 3.04. The van der Waals surface area contributed by atoms with Gasteiger partial charge in [0.2, 0.25) is 0 Å². The fourth-order valence-electron chi connectivity index (χ4n) is 1.35. The Morgan fingerprint density at radius 2 is 2.18 bits per heavy atom. The van der Waals surface area contributed by atoms with Gasteiger partial charge in [0.25, 0.3) is 0 Å². The van der Waals surface area contributed by atoms with Crippen molar-refractivity contribution in [2.24, 2.45) is 5.10 Å². The van der Waals surface area contributed by atoms with Crippen LogP contribution >= 0.6 is 0 Å². The first-order chi connectivity index (χ1) is 8.17. The molecule has 0 aliphatic heterocycles. The van der Waals surface area contributed by atoms with E-state index in [1.165, 1.54) is 25.4 Å². The highest BCUT2D eigenvalue weighted by molar-refractivity contribution is 5.93. The SMILES string of the molecule is C=CN(N=C)c1ccc(C(=O)OC)c(OC)c1. The predicted molar refractivity (Wildman–Crippen MR) is 66.6 cm³/mol. The summed E-state index contributed by atoms with van der Waals surface area (Å²) < 4.78 is 9.77. The molecule has 0 spiro atoms. The number of rotatable bonds is 5. The molecule has 0 aliphatic carbocycles. The predicted octanol–water partition coefficient (Wildman–Crippen LogP) is 2.05. The number of benzene rings is 1. The van der Waals surface area contributed by atoms with E-state index in [1.54, 1.807) is 18.2 Å². The number of anilines is 1. The summed E-state index contributed by atoms with van der Waals surface area (Å²) in [4.78, 5) is 11.4. The van der Waals surface area contributed by atoms with E-state index in [1.807, 2.05) is 0 Å². The average molecular weight is 234 g/mol. The van der Waals surface area contributed by atoms with Gasteiger partial charge in [-0.1, -0.05) is 6.58 Å². The lowest BCUT2D eigenvalue weighted by atomic mass is 10.2. The molecule has 0 N–H and O–H groups in total. The number of carbonyl (C=O) groups excluding carboxylic acids is 1. The Balaban J connectivity index is 3.20. The van der Waals surface area contributed by atoms with Crippen molar-refractivity contribution in [3.63, 3.8) is 0 Å². The van der Waals surface area contributed by atoms with Crippen LogP contribution in [0.3, 0.4) is 0 Å². The zero-order valence-electron chi connectivity index (χ0n) is 9.84. The van der Waals surface area contributed by atoms with E-state index in [0.29, 0.717) is 17.0 Å². The highest BCUT2D eigenvalue weighted by Crippen LogP contribution is 2.26. The quantitative estimate of drug-likeness (QED) is 0.444. The molecule has 5 heteroatoms. The van der Waals surface area contributed by atoms with Gasteiger partial charge in [-0.3, -0.25) is 0 Å². The van der Waals surface area contributed by atoms with Gasteiger partial charge in [-0.05, 0) is 12.1 Å². The summed E-state index contributed by atoms with van der Waals surface area (Å²) in [6.45, 7) is 7.01. The van der Waals surface area contributed by atoms with Gasteiger partial charge in [-0.2, -0.15) is 5.10 Å². The molecule has 0 amide bonds. The number of ether oxygens (including phenoxy) is 2. The molecular formula is C12H14N2O3. The first kappa shape index (κ1) is 12.8. The third kappa shape index (κ3) is 2.63. The largest absolute Gasteiger partial charge is 0.496 e. The number of hydrazone groups is 1. The maximum atomic E-state index is 11.4. The van der Waals surface area contributed by atoms with Crippen molar-refractivity contribution in [1.29, 1.82) is 0 Å². The molecule has 0 saturated heterocycles. The monoisotopic (exact) mass is 234 g/mol. The first-order valence-corrected chi connectivity index (χ1v) is 4.82. The lowest BCUT2D eigenvalue weighted by Crippen LogP contribution is -2.08. The Labute approximate surface area is 99.9 Å². The molecule has 0 aromatic heterocycles. The summed E-state index contributed by atoms with van der Waals surface area (Å²) in [5.74, 6) is -0.0463. The van der Waals surface area contributed by atoms with Crippen LogP contribution < -0.4 is 9.75 Å². The van der Waals surface area contributed by atoms with Gasteiger partial charge in [-0.25, -0.2) is 9.80 Å². The number of esters is 1. The third-order valence-corrected chi connectivity index (χ3v) is 2.18. The molecule has 1 aromatic rings. The van der Waals surface area contributed by atoms with E-state index in [4.69, 9.17) is 4.74 Å². The summed E-state index contributed by atoms with van der Waals surface area (Å²) in [6.07, 6.45) is 1.50. The van der Waals surface area contributed by atoms with Gasteiger partial charge in [0.15, 0.2) is 0 Å². The zero-order valence-corrected chi connectivity index (χ0v) is 9.84. The van der Waals surface area contributed by atoms with E-state index in [2.05, 4.69) is 23.1 Å². The lowest BCUT2D eigenvalue weighted by Gasteiger charge is -2.15. The van der Waals surface area contributed by atoms with Crippen LogP contribution in [-0.4, -0.2) is 26.9 Å². The van der Waals surface area contributed by atoms with Gasteiger partial charge < -0.3 is 9.47 Å². The van der Waals surface area contributed by atoms with Crippen molar-refractivity contribution in [3.8, 4) is 5.75 Å². The maximum absolute atomic E-state index is 11.4. The Kier molecular flexibility index (Phi) is 4.28. The molecule has 0 aliphatic rings. The van der Waals surface area contributed by atoms with Crippen molar-refractivity contribution in [3.05, 3.63) is 36.5 Å². The second kappa shape index (κ2) is 5.69. The fraction of sp³-hybridized carbons (Fsp3) is 0.167. The normalized spacial score (nSPS) is 9.29. The molecule has 0 unspecified atom stereocenters. The van der Waals surface area contributed by atoms with Gasteiger partial charge in [0.1, 0.15) is 11.3 Å². The summed E-state index contributed by atoms with van der Waals surface area (Å²) in [7, 11) is 2.79. The van der Waals surface area contributed by atoms with Crippen LogP contribution in [0.2, 0.25) is 0 Å². The molecule has 0 bridgehead atoms. The molecule has 17 heavy (non-hydrogen) atoms. The molecular weight excluding hydrogens is 220 g/mol. The molecule has 1 rings (SSSR count). The maximum Gasteiger partial charge on any atom is 0.341 e. The first-order valence-electron chi connectivity index (χ1n) is 4.82. The fourth-order valence-corrected chi connectivity index (χ4v) is 1.35. The van der Waals surface area contributed by atoms with Crippen LogP contribution in [0.4, 0.5) is 5.69 Å². The summed E-state index contributed by atoms with van der Waals surface area (Å²) in [5, 5.41) is 5.20. The van der Waals surface area contributed by atoms with Gasteiger partial charge in [0.05, 0.1) is 19.9 Å². The van der Waals surface area contributed by atoms with Crippen molar-refractivity contribution in [1.82, 2.24) is 0 Å². The van der Waals surface area contributed by atoms with Crippen LogP contribution in [0.15, 0.2) is 36.1 Å². The molecule has 0 atom stereocenters. The van der Waals surface area contributed by atoms with Crippen molar-refractivity contribution in [2.45, 2.75) is 0 Å². The van der Waals surface area contributed by atoms with E-state index in [0.717, 1.165) is 0 Å². The minimum absolute atomic E-state index is 0.354. The van der Waals surface area contributed by atoms with E-state index in [-0.39, 0.29) is 0 Å². The average Bonchev–Trinajstić information content (AvgIpc) is 2.39. The van der Waals surface area contributed by atoms with Crippen molar-refractivity contribution in [2.75, 3.05) is 19.2 Å². The molecule has 0 radical (unpaired) electrons. The van der Waals surface area contributed by atoms with E-state index < -0.39 is 5.97 Å². The van der Waals surface area contributed by atoms with Crippen LogP contribution in [0.25, 0.3) is 0 Å². The number of nitrogens with zero attached hydrogens (tertiary/aromatic N) is 2. The Hall–Kier alpha value is -2.30. The molecule has 1 aromatic carbocycles. The number of hydrogen-bond acceptors (Lipinski definition) is 5. The van der Waals surface area contributed by atoms with Crippen LogP contribution in [0, 0.1) is 0 Å². The standard InChI is InChI=1S/C12H14N2O3/c1-5-14(13-2)9-6-7-10(12(15)17-4)11(8-9)16-3/h5-8H,1-2H2,3-4H3. The van der Waals surface area contributed by atoms with Crippen LogP contribution in [-0.2, 0) is 4.74 Å². The molecule has 90 valence electrons. The van der Waals surface area contributed by atoms with Crippen LogP contribution in [0.1, 0.15) is 10.4 Å².